The number of nitrogens with one attached hydrogen (secondary N) is 1. The van der Waals surface area contributed by atoms with Crippen molar-refractivity contribution in [3.63, 3.8) is 0 Å². The monoisotopic (exact) mass is 555 g/mol. The third kappa shape index (κ3) is 8.11. The highest BCUT2D eigenvalue weighted by molar-refractivity contribution is 7.92. The second-order valence-corrected chi connectivity index (χ2v) is 11.8. The maximum atomic E-state index is 13.8. The predicted molar refractivity (Wildman–Crippen MR) is 147 cm³/mol. The van der Waals surface area contributed by atoms with Gasteiger partial charge in [0.25, 0.3) is 0 Å². The fraction of sp³-hybridized carbons (Fsp3) is 0.462. The molecule has 0 aliphatic carbocycles. The first-order chi connectivity index (χ1) is 16.9. The fourth-order valence-corrected chi connectivity index (χ4v) is 5.17. The molecule has 198 valence electrons. The summed E-state index contributed by atoms with van der Waals surface area (Å²) < 4.78 is 26.7. The Morgan fingerprint density at radius 2 is 1.69 bits per heavy atom. The summed E-state index contributed by atoms with van der Waals surface area (Å²) in [5.41, 5.74) is 1.84. The molecular weight excluding hydrogens is 521 g/mol. The van der Waals surface area contributed by atoms with Gasteiger partial charge < -0.3 is 10.2 Å². The number of sulfonamides is 1. The zero-order valence-electron chi connectivity index (χ0n) is 21.4. The second-order valence-electron chi connectivity index (χ2n) is 9.07. The van der Waals surface area contributed by atoms with E-state index in [9.17, 15) is 18.0 Å². The highest BCUT2D eigenvalue weighted by atomic mass is 35.5. The number of carbonyl (C=O) groups excluding carboxylic acids is 2. The molecule has 0 aromatic heterocycles. The highest BCUT2D eigenvalue weighted by Crippen LogP contribution is 2.26. The van der Waals surface area contributed by atoms with Gasteiger partial charge in [0.2, 0.25) is 21.8 Å². The lowest BCUT2D eigenvalue weighted by Crippen LogP contribution is -2.52. The molecule has 0 heterocycles. The van der Waals surface area contributed by atoms with Crippen LogP contribution >= 0.6 is 23.2 Å². The van der Waals surface area contributed by atoms with E-state index in [2.05, 4.69) is 5.32 Å². The smallest absolute Gasteiger partial charge is 0.244 e. The molecule has 36 heavy (non-hydrogen) atoms. The summed E-state index contributed by atoms with van der Waals surface area (Å²) in [5, 5.41) is 3.70. The Morgan fingerprint density at radius 3 is 2.25 bits per heavy atom. The number of amides is 2. The van der Waals surface area contributed by atoms with Crippen LogP contribution in [-0.2, 0) is 32.6 Å². The highest BCUT2D eigenvalue weighted by Gasteiger charge is 2.32. The summed E-state index contributed by atoms with van der Waals surface area (Å²) in [6.07, 6.45) is 2.00. The Kier molecular flexibility index (Phi) is 11.1. The van der Waals surface area contributed by atoms with E-state index in [0.29, 0.717) is 40.7 Å². The van der Waals surface area contributed by atoms with Gasteiger partial charge in [-0.05, 0) is 48.1 Å². The van der Waals surface area contributed by atoms with E-state index in [0.717, 1.165) is 16.1 Å². The topological polar surface area (TPSA) is 86.8 Å². The van der Waals surface area contributed by atoms with Crippen molar-refractivity contribution >= 4 is 50.7 Å². The van der Waals surface area contributed by atoms with Crippen LogP contribution in [0.15, 0.2) is 42.5 Å². The van der Waals surface area contributed by atoms with Crippen molar-refractivity contribution in [2.45, 2.75) is 53.1 Å². The summed E-state index contributed by atoms with van der Waals surface area (Å²) in [6.45, 7) is 7.72. The molecule has 10 heteroatoms. The Hall–Kier alpha value is -2.29. The van der Waals surface area contributed by atoms with Gasteiger partial charge in [-0.2, -0.15) is 0 Å². The van der Waals surface area contributed by atoms with Gasteiger partial charge in [0.1, 0.15) is 12.6 Å². The standard InChI is InChI=1S/C26H35Cl2N3O4S/c1-6-19-10-8-9-11-24(19)31(36(5,34)35)17-25(32)30(16-20-12-13-21(27)14-22(20)28)23(7-2)26(33)29-15-18(3)4/h8-14,18,23H,6-7,15-17H2,1-5H3,(H,29,33). The number of anilines is 1. The molecule has 1 N–H and O–H groups in total. The minimum Gasteiger partial charge on any atom is -0.354 e. The van der Waals surface area contributed by atoms with Crippen LogP contribution in [0.2, 0.25) is 10.0 Å². The fourth-order valence-electron chi connectivity index (χ4n) is 3.82. The summed E-state index contributed by atoms with van der Waals surface area (Å²) in [5.74, 6) is -0.582. The third-order valence-corrected chi connectivity index (χ3v) is 7.46. The maximum Gasteiger partial charge on any atom is 0.244 e. The zero-order valence-corrected chi connectivity index (χ0v) is 23.8. The molecule has 0 radical (unpaired) electrons. The van der Waals surface area contributed by atoms with Crippen molar-refractivity contribution in [2.24, 2.45) is 5.92 Å². The van der Waals surface area contributed by atoms with E-state index in [-0.39, 0.29) is 18.4 Å². The number of hydrogen-bond donors (Lipinski definition) is 1. The molecule has 2 aromatic carbocycles. The number of hydrogen-bond acceptors (Lipinski definition) is 4. The zero-order chi connectivity index (χ0) is 27.0. The lowest BCUT2D eigenvalue weighted by atomic mass is 10.1. The van der Waals surface area contributed by atoms with Crippen molar-refractivity contribution in [3.05, 3.63) is 63.6 Å². The average Bonchev–Trinajstić information content (AvgIpc) is 2.81. The number of para-hydroxylation sites is 1. The van der Waals surface area contributed by atoms with Gasteiger partial charge >= 0.3 is 0 Å². The predicted octanol–water partition coefficient (Wildman–Crippen LogP) is 4.90. The molecule has 0 spiro atoms. The average molecular weight is 557 g/mol. The SMILES string of the molecule is CCc1ccccc1N(CC(=O)N(Cc1ccc(Cl)cc1Cl)C(CC)C(=O)NCC(C)C)S(C)(=O)=O. The van der Waals surface area contributed by atoms with Gasteiger partial charge in [-0.1, -0.05) is 75.2 Å². The van der Waals surface area contributed by atoms with Crippen LogP contribution in [0.25, 0.3) is 0 Å². The molecular formula is C26H35Cl2N3O4S. The van der Waals surface area contributed by atoms with E-state index in [1.165, 1.54) is 4.90 Å². The number of benzene rings is 2. The van der Waals surface area contributed by atoms with Crippen LogP contribution < -0.4 is 9.62 Å². The molecule has 0 bridgehead atoms. The number of nitrogens with zero attached hydrogens (tertiary/aromatic N) is 2. The third-order valence-electron chi connectivity index (χ3n) is 5.75. The molecule has 0 aliphatic heterocycles. The number of aryl methyl sites for hydroxylation is 1. The number of rotatable bonds is 12. The molecule has 0 fully saturated rings. The van der Waals surface area contributed by atoms with E-state index in [1.54, 1.807) is 30.3 Å². The summed E-state index contributed by atoms with van der Waals surface area (Å²) in [6, 6.07) is 11.2. The first kappa shape index (κ1) is 29.9. The Balaban J connectivity index is 2.49. The maximum absolute atomic E-state index is 13.8. The van der Waals surface area contributed by atoms with E-state index < -0.39 is 28.5 Å². The largest absolute Gasteiger partial charge is 0.354 e. The van der Waals surface area contributed by atoms with Crippen molar-refractivity contribution in [2.75, 3.05) is 23.7 Å². The molecule has 0 aliphatic rings. The van der Waals surface area contributed by atoms with Gasteiger partial charge in [0, 0.05) is 23.1 Å². The van der Waals surface area contributed by atoms with Crippen molar-refractivity contribution < 1.29 is 18.0 Å². The number of halogens is 2. The minimum atomic E-state index is -3.80. The molecule has 1 atom stereocenters. The molecule has 0 saturated heterocycles. The summed E-state index contributed by atoms with van der Waals surface area (Å²) in [4.78, 5) is 28.3. The van der Waals surface area contributed by atoms with Crippen molar-refractivity contribution in [3.8, 4) is 0 Å². The molecule has 2 amide bonds. The molecule has 1 unspecified atom stereocenters. The van der Waals surface area contributed by atoms with E-state index >= 15 is 0 Å². The van der Waals surface area contributed by atoms with Crippen LogP contribution in [0, 0.1) is 5.92 Å². The summed E-state index contributed by atoms with van der Waals surface area (Å²) in [7, 11) is -3.80. The van der Waals surface area contributed by atoms with Gasteiger partial charge in [0.05, 0.1) is 11.9 Å². The Bertz CT molecular complexity index is 1170. The minimum absolute atomic E-state index is 0.0233. The lowest BCUT2D eigenvalue weighted by molar-refractivity contribution is -0.140. The summed E-state index contributed by atoms with van der Waals surface area (Å²) >= 11 is 12.4. The van der Waals surface area contributed by atoms with Crippen LogP contribution in [0.3, 0.4) is 0 Å². The van der Waals surface area contributed by atoms with Gasteiger partial charge in [-0.15, -0.1) is 0 Å². The van der Waals surface area contributed by atoms with Gasteiger partial charge in [-0.3, -0.25) is 13.9 Å². The van der Waals surface area contributed by atoms with E-state index in [4.69, 9.17) is 23.2 Å². The van der Waals surface area contributed by atoms with Crippen LogP contribution in [0.1, 0.15) is 45.2 Å². The lowest BCUT2D eigenvalue weighted by Gasteiger charge is -2.33. The number of carbonyl (C=O) groups is 2. The van der Waals surface area contributed by atoms with Crippen LogP contribution in [-0.4, -0.2) is 50.5 Å². The van der Waals surface area contributed by atoms with Gasteiger partial charge in [-0.25, -0.2) is 8.42 Å². The van der Waals surface area contributed by atoms with Crippen LogP contribution in [0.4, 0.5) is 5.69 Å². The Morgan fingerprint density at radius 1 is 1.03 bits per heavy atom. The first-order valence-electron chi connectivity index (χ1n) is 12.0. The van der Waals surface area contributed by atoms with Crippen molar-refractivity contribution in [1.82, 2.24) is 10.2 Å². The van der Waals surface area contributed by atoms with E-state index in [1.807, 2.05) is 39.8 Å². The first-order valence-corrected chi connectivity index (χ1v) is 14.6. The Labute approximate surface area is 224 Å². The quantitative estimate of drug-likeness (QED) is 0.403. The molecule has 2 aromatic rings. The second kappa shape index (κ2) is 13.3. The normalized spacial score (nSPS) is 12.3. The molecule has 2 rings (SSSR count). The van der Waals surface area contributed by atoms with Crippen molar-refractivity contribution in [1.29, 1.82) is 0 Å². The van der Waals surface area contributed by atoms with Crippen LogP contribution in [0.5, 0.6) is 0 Å². The molecule has 0 saturated carbocycles. The van der Waals surface area contributed by atoms with Gasteiger partial charge in [0.15, 0.2) is 0 Å². The molecule has 7 nitrogen and oxygen atoms in total.